The van der Waals surface area contributed by atoms with Crippen molar-refractivity contribution >= 4 is 5.91 Å². The van der Waals surface area contributed by atoms with Crippen molar-refractivity contribution in [1.82, 2.24) is 25.0 Å². The number of nitrogens with one attached hydrogen (secondary N) is 1. The van der Waals surface area contributed by atoms with E-state index in [0.717, 1.165) is 23.6 Å². The van der Waals surface area contributed by atoms with Gasteiger partial charge in [-0.2, -0.15) is 0 Å². The van der Waals surface area contributed by atoms with Gasteiger partial charge < -0.3 is 24.6 Å². The number of ether oxygens (including phenoxy) is 1. The molecule has 1 atom stereocenters. The Bertz CT molecular complexity index is 778. The van der Waals surface area contributed by atoms with Crippen LogP contribution in [0.25, 0.3) is 0 Å². The van der Waals surface area contributed by atoms with Gasteiger partial charge in [-0.25, -0.2) is 0 Å². The third kappa shape index (κ3) is 4.64. The average molecular weight is 373 g/mol. The fraction of sp³-hybridized carbons (Fsp3) is 0.526. The van der Waals surface area contributed by atoms with Crippen LogP contribution >= 0.6 is 0 Å². The Hall–Kier alpha value is -2.45. The standard InChI is InChI=1S/C19H27N5O3/c1-23-14-21-22-17(23)7-9-20-13-19(26)8-4-10-24(18(19)25)12-15-5-3-6-16(11-15)27-2/h3,5-6,11,14,20,26H,4,7-10,12-13H2,1-2H3. The molecule has 1 fully saturated rings. The summed E-state index contributed by atoms with van der Waals surface area (Å²) in [5.41, 5.74) is -0.376. The van der Waals surface area contributed by atoms with E-state index < -0.39 is 5.60 Å². The van der Waals surface area contributed by atoms with Crippen molar-refractivity contribution in [2.75, 3.05) is 26.7 Å². The van der Waals surface area contributed by atoms with Crippen LogP contribution in [0.4, 0.5) is 0 Å². The lowest BCUT2D eigenvalue weighted by Crippen LogP contribution is -2.57. The normalized spacial score (nSPS) is 20.1. The van der Waals surface area contributed by atoms with E-state index in [1.165, 1.54) is 0 Å². The number of hydrogen-bond acceptors (Lipinski definition) is 6. The van der Waals surface area contributed by atoms with E-state index in [1.54, 1.807) is 18.3 Å². The summed E-state index contributed by atoms with van der Waals surface area (Å²) in [6, 6.07) is 7.66. The van der Waals surface area contributed by atoms with Gasteiger partial charge in [0.1, 0.15) is 17.9 Å². The summed E-state index contributed by atoms with van der Waals surface area (Å²) in [6.45, 7) is 1.98. The van der Waals surface area contributed by atoms with Crippen LogP contribution in [0.15, 0.2) is 30.6 Å². The second-order valence-electron chi connectivity index (χ2n) is 7.00. The number of piperidine rings is 1. The van der Waals surface area contributed by atoms with Crippen LogP contribution < -0.4 is 10.1 Å². The molecule has 146 valence electrons. The molecule has 1 aromatic heterocycles. The monoisotopic (exact) mass is 373 g/mol. The third-order valence-electron chi connectivity index (χ3n) is 4.96. The maximum Gasteiger partial charge on any atom is 0.256 e. The lowest BCUT2D eigenvalue weighted by atomic mass is 9.91. The smallest absolute Gasteiger partial charge is 0.256 e. The van der Waals surface area contributed by atoms with E-state index in [-0.39, 0.29) is 12.5 Å². The van der Waals surface area contributed by atoms with E-state index in [4.69, 9.17) is 4.74 Å². The van der Waals surface area contributed by atoms with Crippen molar-refractivity contribution in [3.63, 3.8) is 0 Å². The minimum absolute atomic E-state index is 0.220. The van der Waals surface area contributed by atoms with Crippen LogP contribution in [0.5, 0.6) is 5.75 Å². The van der Waals surface area contributed by atoms with Crippen molar-refractivity contribution in [2.45, 2.75) is 31.4 Å². The summed E-state index contributed by atoms with van der Waals surface area (Å²) in [7, 11) is 3.51. The average Bonchev–Trinajstić information content (AvgIpc) is 3.08. The zero-order valence-electron chi connectivity index (χ0n) is 15.9. The quantitative estimate of drug-likeness (QED) is 0.655. The maximum absolute atomic E-state index is 12.9. The van der Waals surface area contributed by atoms with Crippen molar-refractivity contribution < 1.29 is 14.6 Å². The van der Waals surface area contributed by atoms with Crippen molar-refractivity contribution in [1.29, 1.82) is 0 Å². The molecule has 0 saturated carbocycles. The van der Waals surface area contributed by atoms with Gasteiger partial charge in [-0.3, -0.25) is 4.79 Å². The molecular formula is C19H27N5O3. The minimum Gasteiger partial charge on any atom is -0.497 e. The number of likely N-dealkylation sites (tertiary alicyclic amines) is 1. The number of amides is 1. The third-order valence-corrected chi connectivity index (χ3v) is 4.96. The van der Waals surface area contributed by atoms with Crippen molar-refractivity contribution in [2.24, 2.45) is 7.05 Å². The highest BCUT2D eigenvalue weighted by Crippen LogP contribution is 2.24. The molecular weight excluding hydrogens is 346 g/mol. The Labute approximate surface area is 159 Å². The molecule has 2 heterocycles. The number of aryl methyl sites for hydroxylation is 1. The highest BCUT2D eigenvalue weighted by atomic mass is 16.5. The second kappa shape index (κ2) is 8.49. The number of carbonyl (C=O) groups excluding carboxylic acids is 1. The number of hydrogen-bond donors (Lipinski definition) is 2. The summed E-state index contributed by atoms with van der Waals surface area (Å²) in [5.74, 6) is 1.41. The van der Waals surface area contributed by atoms with Crippen LogP contribution in [-0.2, 0) is 24.8 Å². The second-order valence-corrected chi connectivity index (χ2v) is 7.00. The molecule has 0 aliphatic carbocycles. The molecule has 1 aliphatic heterocycles. The molecule has 8 heteroatoms. The van der Waals surface area contributed by atoms with Gasteiger partial charge in [-0.1, -0.05) is 12.1 Å². The van der Waals surface area contributed by atoms with Gasteiger partial charge in [-0.05, 0) is 30.5 Å². The molecule has 2 aromatic rings. The van der Waals surface area contributed by atoms with E-state index in [0.29, 0.717) is 32.5 Å². The molecule has 1 aliphatic rings. The van der Waals surface area contributed by atoms with Crippen LogP contribution in [0.3, 0.4) is 0 Å². The first kappa shape index (κ1) is 19.3. The van der Waals surface area contributed by atoms with Gasteiger partial charge in [0.15, 0.2) is 5.60 Å². The van der Waals surface area contributed by atoms with Gasteiger partial charge in [-0.15, -0.1) is 10.2 Å². The number of nitrogens with zero attached hydrogens (tertiary/aromatic N) is 4. The van der Waals surface area contributed by atoms with E-state index in [2.05, 4.69) is 15.5 Å². The molecule has 1 amide bonds. The summed E-state index contributed by atoms with van der Waals surface area (Å²) in [4.78, 5) is 14.6. The van der Waals surface area contributed by atoms with E-state index >= 15 is 0 Å². The molecule has 3 rings (SSSR count). The fourth-order valence-electron chi connectivity index (χ4n) is 3.40. The Kier molecular flexibility index (Phi) is 6.08. The number of rotatable bonds is 8. The number of benzene rings is 1. The molecule has 27 heavy (non-hydrogen) atoms. The zero-order valence-corrected chi connectivity index (χ0v) is 15.9. The number of carbonyl (C=O) groups is 1. The largest absolute Gasteiger partial charge is 0.497 e. The molecule has 0 radical (unpaired) electrons. The van der Waals surface area contributed by atoms with Gasteiger partial charge in [0, 0.05) is 39.6 Å². The summed E-state index contributed by atoms with van der Waals surface area (Å²) in [5, 5.41) is 22.0. The van der Waals surface area contributed by atoms with Crippen LogP contribution in [0.1, 0.15) is 24.2 Å². The number of methoxy groups -OCH3 is 1. The Morgan fingerprint density at radius 1 is 1.41 bits per heavy atom. The maximum atomic E-state index is 12.9. The SMILES string of the molecule is COc1cccc(CN2CCCC(O)(CNCCc3nncn3C)C2=O)c1. The zero-order chi connectivity index (χ0) is 19.3. The first-order valence-electron chi connectivity index (χ1n) is 9.20. The predicted molar refractivity (Wildman–Crippen MR) is 100 cm³/mol. The summed E-state index contributed by atoms with van der Waals surface area (Å²) >= 11 is 0. The van der Waals surface area contributed by atoms with Gasteiger partial charge in [0.2, 0.25) is 0 Å². The Morgan fingerprint density at radius 3 is 3.00 bits per heavy atom. The lowest BCUT2D eigenvalue weighted by Gasteiger charge is -2.38. The molecule has 2 N–H and O–H groups in total. The van der Waals surface area contributed by atoms with Crippen LogP contribution in [-0.4, -0.2) is 63.0 Å². The van der Waals surface area contributed by atoms with Crippen molar-refractivity contribution in [3.8, 4) is 5.75 Å². The lowest BCUT2D eigenvalue weighted by molar-refractivity contribution is -0.157. The van der Waals surface area contributed by atoms with Crippen LogP contribution in [0, 0.1) is 0 Å². The first-order valence-corrected chi connectivity index (χ1v) is 9.20. The topological polar surface area (TPSA) is 92.5 Å². The molecule has 1 saturated heterocycles. The Morgan fingerprint density at radius 2 is 2.26 bits per heavy atom. The minimum atomic E-state index is -1.36. The highest BCUT2D eigenvalue weighted by Gasteiger charge is 2.41. The molecule has 1 aromatic carbocycles. The predicted octanol–water partition coefficient (Wildman–Crippen LogP) is 0.510. The van der Waals surface area contributed by atoms with Gasteiger partial charge in [0.05, 0.1) is 7.11 Å². The molecule has 0 bridgehead atoms. The molecule has 8 nitrogen and oxygen atoms in total. The summed E-state index contributed by atoms with van der Waals surface area (Å²) < 4.78 is 7.10. The van der Waals surface area contributed by atoms with Gasteiger partial charge in [0.25, 0.3) is 5.91 Å². The molecule has 1 unspecified atom stereocenters. The van der Waals surface area contributed by atoms with Gasteiger partial charge >= 0.3 is 0 Å². The molecule has 0 spiro atoms. The van der Waals surface area contributed by atoms with Crippen molar-refractivity contribution in [3.05, 3.63) is 42.0 Å². The summed E-state index contributed by atoms with van der Waals surface area (Å²) in [6.07, 6.45) is 3.59. The van der Waals surface area contributed by atoms with E-state index in [1.807, 2.05) is 35.9 Å². The number of aliphatic hydroxyl groups is 1. The highest BCUT2D eigenvalue weighted by molar-refractivity contribution is 5.86. The van der Waals surface area contributed by atoms with E-state index in [9.17, 15) is 9.90 Å². The number of aromatic nitrogens is 3. The van der Waals surface area contributed by atoms with Crippen LogP contribution in [0.2, 0.25) is 0 Å². The Balaban J connectivity index is 1.55. The first-order chi connectivity index (χ1) is 13.0. The fourth-order valence-corrected chi connectivity index (χ4v) is 3.40.